The van der Waals surface area contributed by atoms with E-state index in [0.717, 1.165) is 24.6 Å². The lowest BCUT2D eigenvalue weighted by Crippen LogP contribution is -2.29. The van der Waals surface area contributed by atoms with Gasteiger partial charge in [0.2, 0.25) is 5.95 Å². The van der Waals surface area contributed by atoms with Crippen LogP contribution in [0, 0.1) is 6.92 Å². The Morgan fingerprint density at radius 1 is 1.00 bits per heavy atom. The van der Waals surface area contributed by atoms with Gasteiger partial charge in [0.1, 0.15) is 5.82 Å². The number of thiocarbonyl (C=S) groups is 1. The van der Waals surface area contributed by atoms with Crippen LogP contribution < -0.4 is 15.5 Å². The predicted molar refractivity (Wildman–Crippen MR) is 113 cm³/mol. The molecule has 0 bridgehead atoms. The molecular weight excluding hydrogens is 354 g/mol. The van der Waals surface area contributed by atoms with Crippen molar-refractivity contribution in [3.8, 4) is 0 Å². The van der Waals surface area contributed by atoms with E-state index in [-0.39, 0.29) is 0 Å². The Balaban J connectivity index is 1.43. The van der Waals surface area contributed by atoms with E-state index in [1.807, 2.05) is 31.2 Å². The number of hydrogen-bond donors (Lipinski definition) is 2. The fourth-order valence-electron chi connectivity index (χ4n) is 3.19. The molecule has 3 aromatic rings. The van der Waals surface area contributed by atoms with Gasteiger partial charge in [0.25, 0.3) is 0 Å². The van der Waals surface area contributed by atoms with Crippen molar-refractivity contribution in [2.24, 2.45) is 0 Å². The van der Waals surface area contributed by atoms with E-state index in [4.69, 9.17) is 12.2 Å². The monoisotopic (exact) mass is 375 g/mol. The van der Waals surface area contributed by atoms with Gasteiger partial charge in [-0.25, -0.2) is 4.98 Å². The summed E-state index contributed by atoms with van der Waals surface area (Å²) in [5.74, 6) is 1.43. The molecule has 2 heterocycles. The Hall–Kier alpha value is -2.99. The molecule has 1 aliphatic rings. The van der Waals surface area contributed by atoms with E-state index in [1.165, 1.54) is 16.7 Å². The van der Waals surface area contributed by atoms with Crippen molar-refractivity contribution in [3.05, 3.63) is 83.0 Å². The number of nitrogens with zero attached hydrogens (tertiary/aromatic N) is 3. The SMILES string of the molecule is Cc1cc(N2Cc3ccccc3C2)nc(NC(=S)NCc2ccccc2)n1. The highest BCUT2D eigenvalue weighted by Gasteiger charge is 2.20. The molecule has 0 amide bonds. The Labute approximate surface area is 164 Å². The molecule has 136 valence electrons. The summed E-state index contributed by atoms with van der Waals surface area (Å²) in [5.41, 5.74) is 4.78. The molecule has 0 spiro atoms. The van der Waals surface area contributed by atoms with Gasteiger partial charge in [0.15, 0.2) is 5.11 Å². The van der Waals surface area contributed by atoms with Crippen LogP contribution in [-0.4, -0.2) is 15.1 Å². The van der Waals surface area contributed by atoms with E-state index < -0.39 is 0 Å². The van der Waals surface area contributed by atoms with E-state index in [0.29, 0.717) is 17.6 Å². The van der Waals surface area contributed by atoms with Gasteiger partial charge in [-0.2, -0.15) is 4.98 Å². The first-order valence-corrected chi connectivity index (χ1v) is 9.34. The molecular formula is C21H21N5S. The van der Waals surface area contributed by atoms with Crippen LogP contribution in [0.3, 0.4) is 0 Å². The normalized spacial score (nSPS) is 12.6. The third-order valence-corrected chi connectivity index (χ3v) is 4.77. The lowest BCUT2D eigenvalue weighted by atomic mass is 10.1. The first-order chi connectivity index (χ1) is 13.2. The molecule has 6 heteroatoms. The second-order valence-electron chi connectivity index (χ2n) is 6.61. The predicted octanol–water partition coefficient (Wildman–Crippen LogP) is 3.79. The van der Waals surface area contributed by atoms with E-state index in [9.17, 15) is 0 Å². The molecule has 1 aromatic heterocycles. The molecule has 2 aromatic carbocycles. The third-order valence-electron chi connectivity index (χ3n) is 4.53. The molecule has 2 N–H and O–H groups in total. The fraction of sp³-hybridized carbons (Fsp3) is 0.190. The highest BCUT2D eigenvalue weighted by atomic mass is 32.1. The fourth-order valence-corrected chi connectivity index (χ4v) is 3.35. The van der Waals surface area contributed by atoms with Crippen LogP contribution in [0.1, 0.15) is 22.4 Å². The molecule has 4 rings (SSSR count). The summed E-state index contributed by atoms with van der Waals surface area (Å²) >= 11 is 5.40. The summed E-state index contributed by atoms with van der Waals surface area (Å²) in [7, 11) is 0. The van der Waals surface area contributed by atoms with Crippen molar-refractivity contribution in [1.82, 2.24) is 15.3 Å². The number of rotatable bonds is 4. The van der Waals surface area contributed by atoms with Crippen LogP contribution in [0.2, 0.25) is 0 Å². The number of aryl methyl sites for hydroxylation is 1. The van der Waals surface area contributed by atoms with Gasteiger partial charge in [0.05, 0.1) is 0 Å². The second-order valence-corrected chi connectivity index (χ2v) is 7.02. The summed E-state index contributed by atoms with van der Waals surface area (Å²) in [4.78, 5) is 11.4. The average molecular weight is 376 g/mol. The Bertz CT molecular complexity index is 933. The van der Waals surface area contributed by atoms with Crippen LogP contribution in [0.15, 0.2) is 60.7 Å². The molecule has 0 aliphatic carbocycles. The molecule has 0 unspecified atom stereocenters. The van der Waals surface area contributed by atoms with Crippen LogP contribution in [0.4, 0.5) is 11.8 Å². The van der Waals surface area contributed by atoms with Gasteiger partial charge < -0.3 is 15.5 Å². The van der Waals surface area contributed by atoms with Gasteiger partial charge in [-0.1, -0.05) is 54.6 Å². The van der Waals surface area contributed by atoms with Crippen molar-refractivity contribution in [1.29, 1.82) is 0 Å². The maximum atomic E-state index is 5.40. The maximum absolute atomic E-state index is 5.40. The van der Waals surface area contributed by atoms with E-state index in [2.05, 4.69) is 61.9 Å². The van der Waals surface area contributed by atoms with Crippen molar-refractivity contribution < 1.29 is 0 Å². The average Bonchev–Trinajstić information content (AvgIpc) is 3.11. The molecule has 27 heavy (non-hydrogen) atoms. The molecule has 5 nitrogen and oxygen atoms in total. The number of hydrogen-bond acceptors (Lipinski definition) is 4. The zero-order valence-corrected chi connectivity index (χ0v) is 16.0. The summed E-state index contributed by atoms with van der Waals surface area (Å²) in [6.45, 7) is 4.36. The zero-order valence-electron chi connectivity index (χ0n) is 15.1. The highest BCUT2D eigenvalue weighted by Crippen LogP contribution is 2.27. The van der Waals surface area contributed by atoms with Gasteiger partial charge >= 0.3 is 0 Å². The summed E-state index contributed by atoms with van der Waals surface area (Å²) in [6.07, 6.45) is 0. The molecule has 1 aliphatic heterocycles. The molecule has 0 saturated heterocycles. The summed E-state index contributed by atoms with van der Waals surface area (Å²) in [6, 6.07) is 20.7. The second kappa shape index (κ2) is 7.72. The summed E-state index contributed by atoms with van der Waals surface area (Å²) < 4.78 is 0. The van der Waals surface area contributed by atoms with Crippen LogP contribution in [0.25, 0.3) is 0 Å². The van der Waals surface area contributed by atoms with Crippen molar-refractivity contribution in [2.45, 2.75) is 26.6 Å². The van der Waals surface area contributed by atoms with Crippen LogP contribution in [0.5, 0.6) is 0 Å². The Kier molecular flexibility index (Phi) is 4.98. The Morgan fingerprint density at radius 2 is 1.67 bits per heavy atom. The van der Waals surface area contributed by atoms with Gasteiger partial charge in [0, 0.05) is 31.4 Å². The molecule has 0 fully saturated rings. The largest absolute Gasteiger partial charge is 0.358 e. The summed E-state index contributed by atoms with van der Waals surface area (Å²) in [5, 5.41) is 6.82. The first-order valence-electron chi connectivity index (χ1n) is 8.93. The van der Waals surface area contributed by atoms with E-state index in [1.54, 1.807) is 0 Å². The van der Waals surface area contributed by atoms with Crippen LogP contribution >= 0.6 is 12.2 Å². The number of benzene rings is 2. The standard InChI is InChI=1S/C21H21N5S/c1-15-11-19(26-13-17-9-5-6-10-18(17)14-26)24-20(23-15)25-21(27)22-12-16-7-3-2-4-8-16/h2-11H,12-14H2,1H3,(H2,22,23,24,25,27). The van der Waals surface area contributed by atoms with Crippen molar-refractivity contribution in [2.75, 3.05) is 10.2 Å². The molecule has 0 atom stereocenters. The van der Waals surface area contributed by atoms with E-state index >= 15 is 0 Å². The number of fused-ring (bicyclic) bond motifs is 1. The lowest BCUT2D eigenvalue weighted by molar-refractivity contribution is 0.849. The number of nitrogens with one attached hydrogen (secondary N) is 2. The minimum Gasteiger partial charge on any atom is -0.358 e. The first kappa shape index (κ1) is 17.4. The zero-order chi connectivity index (χ0) is 18.6. The quantitative estimate of drug-likeness (QED) is 0.677. The van der Waals surface area contributed by atoms with Crippen molar-refractivity contribution in [3.63, 3.8) is 0 Å². The van der Waals surface area contributed by atoms with Crippen molar-refractivity contribution >= 4 is 29.1 Å². The topological polar surface area (TPSA) is 53.1 Å². The molecule has 0 radical (unpaired) electrons. The Morgan fingerprint density at radius 3 is 2.37 bits per heavy atom. The van der Waals surface area contributed by atoms with Gasteiger partial charge in [-0.3, -0.25) is 0 Å². The third kappa shape index (κ3) is 4.23. The molecule has 0 saturated carbocycles. The van der Waals surface area contributed by atoms with Gasteiger partial charge in [-0.05, 0) is 35.8 Å². The smallest absolute Gasteiger partial charge is 0.231 e. The van der Waals surface area contributed by atoms with Crippen LogP contribution in [-0.2, 0) is 19.6 Å². The minimum atomic E-state index is 0.514. The lowest BCUT2D eigenvalue weighted by Gasteiger charge is -2.18. The number of anilines is 2. The number of aromatic nitrogens is 2. The maximum Gasteiger partial charge on any atom is 0.231 e. The highest BCUT2D eigenvalue weighted by molar-refractivity contribution is 7.80. The minimum absolute atomic E-state index is 0.514. The van der Waals surface area contributed by atoms with Gasteiger partial charge in [-0.15, -0.1) is 0 Å².